The van der Waals surface area contributed by atoms with Crippen LogP contribution in [0.2, 0.25) is 0 Å². The monoisotopic (exact) mass is 358 g/mol. The summed E-state index contributed by atoms with van der Waals surface area (Å²) in [5, 5.41) is 0. The number of unbranched alkanes of at least 4 members (excludes halogenated alkanes) is 1. The fraction of sp³-hybridized carbons (Fsp3) is 1.00. The van der Waals surface area contributed by atoms with Crippen molar-refractivity contribution in [3.8, 4) is 0 Å². The molecule has 140 valence electrons. The van der Waals surface area contributed by atoms with Gasteiger partial charge in [-0.15, -0.1) is 0 Å². The Morgan fingerprint density at radius 3 is 2.46 bits per heavy atom. The van der Waals surface area contributed by atoms with Crippen molar-refractivity contribution in [2.45, 2.75) is 57.9 Å². The first-order chi connectivity index (χ1) is 11.5. The van der Waals surface area contributed by atoms with Gasteiger partial charge in [-0.1, -0.05) is 19.8 Å². The zero-order valence-corrected chi connectivity index (χ0v) is 16.2. The molecule has 0 aromatic heterocycles. The summed E-state index contributed by atoms with van der Waals surface area (Å²) in [4.78, 5) is 2.68. The van der Waals surface area contributed by atoms with Gasteiger partial charge < -0.3 is 4.74 Å². The highest BCUT2D eigenvalue weighted by molar-refractivity contribution is 7.89. The van der Waals surface area contributed by atoms with E-state index in [1.165, 1.54) is 19.3 Å². The van der Waals surface area contributed by atoms with Gasteiger partial charge >= 0.3 is 0 Å². The van der Waals surface area contributed by atoms with E-state index in [4.69, 9.17) is 4.74 Å². The van der Waals surface area contributed by atoms with Crippen molar-refractivity contribution in [1.29, 1.82) is 0 Å². The van der Waals surface area contributed by atoms with Crippen molar-refractivity contribution >= 4 is 10.0 Å². The lowest BCUT2D eigenvalue weighted by Gasteiger charge is -2.42. The smallest absolute Gasteiger partial charge is 0.214 e. The highest BCUT2D eigenvalue weighted by atomic mass is 32.2. The number of piperidine rings is 1. The third-order valence-electron chi connectivity index (χ3n) is 6.67. The molecule has 3 fully saturated rings. The molecule has 0 aromatic rings. The number of hydrogen-bond acceptors (Lipinski definition) is 4. The maximum Gasteiger partial charge on any atom is 0.214 e. The molecule has 0 radical (unpaired) electrons. The van der Waals surface area contributed by atoms with Gasteiger partial charge in [0.25, 0.3) is 0 Å². The van der Waals surface area contributed by atoms with Gasteiger partial charge in [0.15, 0.2) is 0 Å². The molecule has 24 heavy (non-hydrogen) atoms. The first-order valence-electron chi connectivity index (χ1n) is 9.71. The fourth-order valence-electron chi connectivity index (χ4n) is 4.77. The zero-order chi connectivity index (χ0) is 17.2. The second kappa shape index (κ2) is 7.60. The van der Waals surface area contributed by atoms with E-state index in [1.54, 1.807) is 11.4 Å². The van der Waals surface area contributed by atoms with Gasteiger partial charge in [0.1, 0.15) is 0 Å². The molecule has 6 heteroatoms. The van der Waals surface area contributed by atoms with Gasteiger partial charge in [0.2, 0.25) is 10.0 Å². The number of ether oxygens (including phenoxy) is 1. The predicted molar refractivity (Wildman–Crippen MR) is 96.5 cm³/mol. The van der Waals surface area contributed by atoms with Crippen LogP contribution < -0.4 is 0 Å². The van der Waals surface area contributed by atoms with Crippen molar-refractivity contribution in [3.63, 3.8) is 0 Å². The number of methoxy groups -OCH3 is 1. The summed E-state index contributed by atoms with van der Waals surface area (Å²) in [5.41, 5.74) is 0.266. The molecule has 2 aliphatic heterocycles. The van der Waals surface area contributed by atoms with E-state index in [0.29, 0.717) is 24.8 Å². The number of likely N-dealkylation sites (tertiary alicyclic amines) is 1. The number of nitrogens with zero attached hydrogens (tertiary/aromatic N) is 2. The van der Waals surface area contributed by atoms with Crippen LogP contribution in [0.4, 0.5) is 0 Å². The van der Waals surface area contributed by atoms with Crippen molar-refractivity contribution in [2.24, 2.45) is 11.3 Å². The van der Waals surface area contributed by atoms with Crippen LogP contribution >= 0.6 is 0 Å². The van der Waals surface area contributed by atoms with Gasteiger partial charge in [0.05, 0.1) is 12.4 Å². The maximum atomic E-state index is 12.5. The normalized spacial score (nSPS) is 29.2. The first-order valence-corrected chi connectivity index (χ1v) is 11.3. The van der Waals surface area contributed by atoms with Crippen molar-refractivity contribution < 1.29 is 13.2 Å². The van der Waals surface area contributed by atoms with Crippen molar-refractivity contribution in [3.05, 3.63) is 0 Å². The predicted octanol–water partition coefficient (Wildman–Crippen LogP) is 2.33. The zero-order valence-electron chi connectivity index (χ0n) is 15.4. The Morgan fingerprint density at radius 1 is 1.21 bits per heavy atom. The van der Waals surface area contributed by atoms with Crippen LogP contribution in [0.5, 0.6) is 0 Å². The Hall–Kier alpha value is -0.170. The van der Waals surface area contributed by atoms with Gasteiger partial charge in [-0.2, -0.15) is 0 Å². The molecule has 2 heterocycles. The second-order valence-electron chi connectivity index (χ2n) is 8.10. The van der Waals surface area contributed by atoms with Gasteiger partial charge in [-0.05, 0) is 37.5 Å². The maximum absolute atomic E-state index is 12.5. The lowest BCUT2D eigenvalue weighted by molar-refractivity contribution is 0.0556. The molecule has 1 unspecified atom stereocenters. The van der Waals surface area contributed by atoms with Crippen molar-refractivity contribution in [1.82, 2.24) is 9.21 Å². The lowest BCUT2D eigenvalue weighted by Crippen LogP contribution is -2.48. The van der Waals surface area contributed by atoms with Gasteiger partial charge in [-0.3, -0.25) is 4.90 Å². The summed E-state index contributed by atoms with van der Waals surface area (Å²) in [6.07, 6.45) is 7.74. The average Bonchev–Trinajstić information content (AvgIpc) is 2.82. The minimum atomic E-state index is -3.06. The quantitative estimate of drug-likeness (QED) is 0.701. The molecular weight excluding hydrogens is 324 g/mol. The first kappa shape index (κ1) is 18.6. The summed E-state index contributed by atoms with van der Waals surface area (Å²) in [7, 11) is -1.26. The van der Waals surface area contributed by atoms with E-state index in [1.807, 2.05) is 6.92 Å². The molecule has 0 amide bonds. The Morgan fingerprint density at radius 2 is 1.92 bits per heavy atom. The molecule has 0 N–H and O–H groups in total. The Kier molecular flexibility index (Phi) is 5.90. The molecule has 0 aromatic carbocycles. The van der Waals surface area contributed by atoms with E-state index in [0.717, 1.165) is 51.4 Å². The van der Waals surface area contributed by atoms with Crippen LogP contribution in [-0.4, -0.2) is 69.3 Å². The molecule has 2 saturated heterocycles. The largest absolute Gasteiger partial charge is 0.384 e. The minimum Gasteiger partial charge on any atom is -0.384 e. The molecule has 5 nitrogen and oxygen atoms in total. The van der Waals surface area contributed by atoms with Gasteiger partial charge in [0, 0.05) is 45.2 Å². The highest BCUT2D eigenvalue weighted by Crippen LogP contribution is 2.47. The average molecular weight is 359 g/mol. The van der Waals surface area contributed by atoms with Crippen molar-refractivity contribution in [2.75, 3.05) is 45.6 Å². The molecular formula is C18H34N2O3S. The Bertz CT molecular complexity index is 510. The Balaban J connectivity index is 1.63. The van der Waals surface area contributed by atoms with E-state index >= 15 is 0 Å². The van der Waals surface area contributed by atoms with Crippen LogP contribution in [0.25, 0.3) is 0 Å². The number of rotatable bonds is 7. The third kappa shape index (κ3) is 3.67. The molecule has 1 atom stereocenters. The van der Waals surface area contributed by atoms with E-state index in [2.05, 4.69) is 4.90 Å². The molecule has 1 aliphatic carbocycles. The van der Waals surface area contributed by atoms with Crippen LogP contribution in [0, 0.1) is 11.3 Å². The van der Waals surface area contributed by atoms with Crippen LogP contribution in [0.15, 0.2) is 0 Å². The fourth-order valence-corrected chi connectivity index (χ4v) is 6.42. The van der Waals surface area contributed by atoms with E-state index < -0.39 is 10.0 Å². The number of sulfonamides is 1. The molecule has 3 rings (SSSR count). The summed E-state index contributed by atoms with van der Waals surface area (Å²) in [5.74, 6) is 0.871. The third-order valence-corrected chi connectivity index (χ3v) is 8.62. The minimum absolute atomic E-state index is 0.266. The number of hydrogen-bond donors (Lipinski definition) is 0. The Labute approximate surface area is 147 Å². The topological polar surface area (TPSA) is 49.9 Å². The summed E-state index contributed by atoms with van der Waals surface area (Å²) in [6, 6.07) is 0.773. The lowest BCUT2D eigenvalue weighted by atomic mass is 9.71. The highest BCUT2D eigenvalue weighted by Gasteiger charge is 2.50. The molecule has 1 saturated carbocycles. The van der Waals surface area contributed by atoms with E-state index in [-0.39, 0.29) is 5.41 Å². The van der Waals surface area contributed by atoms with Crippen LogP contribution in [0.1, 0.15) is 51.9 Å². The summed E-state index contributed by atoms with van der Waals surface area (Å²) < 4.78 is 32.2. The van der Waals surface area contributed by atoms with E-state index in [9.17, 15) is 8.42 Å². The van der Waals surface area contributed by atoms with Crippen LogP contribution in [0.3, 0.4) is 0 Å². The van der Waals surface area contributed by atoms with Gasteiger partial charge in [-0.25, -0.2) is 12.7 Å². The standard InChI is InChI=1S/C18H34N2O3S/c1-3-4-12-24(21,22)20-10-8-18(9-11-20)15-19(17-6-5-7-17)13-16(18)14-23-2/h16-17H,3-15H2,1-2H3. The molecule has 1 spiro atoms. The second-order valence-corrected chi connectivity index (χ2v) is 10.2. The summed E-state index contributed by atoms with van der Waals surface area (Å²) in [6.45, 7) is 6.54. The summed E-state index contributed by atoms with van der Waals surface area (Å²) >= 11 is 0. The van der Waals surface area contributed by atoms with Crippen LogP contribution in [-0.2, 0) is 14.8 Å². The molecule has 0 bridgehead atoms. The molecule has 3 aliphatic rings. The SMILES string of the molecule is CCCCS(=O)(=O)N1CCC2(CC1)CN(C1CCC1)CC2COC.